The van der Waals surface area contributed by atoms with Crippen molar-refractivity contribution in [2.75, 3.05) is 13.7 Å². The molecule has 0 heterocycles. The number of methoxy groups -OCH3 is 1. The van der Waals surface area contributed by atoms with Crippen LogP contribution in [0.2, 0.25) is 12.6 Å². The third kappa shape index (κ3) is 8.55. The van der Waals surface area contributed by atoms with Crippen molar-refractivity contribution in [3.8, 4) is 0 Å². The summed E-state index contributed by atoms with van der Waals surface area (Å²) in [5, 5.41) is 0. The van der Waals surface area contributed by atoms with Gasteiger partial charge in [0, 0.05) is 29.2 Å². The van der Waals surface area contributed by atoms with E-state index in [1.807, 2.05) is 0 Å². The van der Waals surface area contributed by atoms with Gasteiger partial charge in [-0.25, -0.2) is 0 Å². The molecule has 0 aromatic carbocycles. The van der Waals surface area contributed by atoms with E-state index in [4.69, 9.17) is 20.2 Å². The van der Waals surface area contributed by atoms with E-state index in [-0.39, 0.29) is 0 Å². The van der Waals surface area contributed by atoms with Gasteiger partial charge in [0.15, 0.2) is 0 Å². The highest BCUT2D eigenvalue weighted by atomic mass is 16.5. The van der Waals surface area contributed by atoms with E-state index in [1.165, 1.54) is 6.42 Å². The summed E-state index contributed by atoms with van der Waals surface area (Å²) < 4.78 is 5.14. The van der Waals surface area contributed by atoms with Crippen molar-refractivity contribution in [2.24, 2.45) is 5.92 Å². The third-order valence-corrected chi connectivity index (χ3v) is 2.13. The monoisotopic (exact) mass is 172 g/mol. The zero-order valence-electron chi connectivity index (χ0n) is 8.54. The summed E-state index contributed by atoms with van der Waals surface area (Å²) in [5.74, 6) is 0.629. The molecule has 1 atom stereocenters. The molecular weight excluding hydrogens is 155 g/mol. The molecule has 0 aromatic rings. The second kappa shape index (κ2) is 10.3. The Kier molecular flexibility index (Phi) is 10.5. The van der Waals surface area contributed by atoms with Gasteiger partial charge in [-0.3, -0.25) is 0 Å². The summed E-state index contributed by atoms with van der Waals surface area (Å²) in [7, 11) is 15.8. The molecule has 6 radical (unpaired) electrons. The minimum Gasteiger partial charge on any atom is -0.384 e. The van der Waals surface area contributed by atoms with Crippen LogP contribution in [0.25, 0.3) is 0 Å². The third-order valence-electron chi connectivity index (χ3n) is 2.13. The first kappa shape index (κ1) is 13.2. The van der Waals surface area contributed by atoms with Crippen molar-refractivity contribution in [3.63, 3.8) is 0 Å². The van der Waals surface area contributed by atoms with Crippen LogP contribution in [0.3, 0.4) is 0 Å². The van der Waals surface area contributed by atoms with E-state index in [1.54, 1.807) is 21.5 Å². The first-order chi connectivity index (χ1) is 6.35. The average molecular weight is 171 g/mol. The summed E-state index contributed by atoms with van der Waals surface area (Å²) in [4.78, 5) is 0. The lowest BCUT2D eigenvalue weighted by molar-refractivity contribution is 0.145. The molecule has 0 fully saturated rings. The van der Waals surface area contributed by atoms with Crippen LogP contribution < -0.4 is 0 Å². The molecule has 5 heteroatoms. The smallest absolute Gasteiger partial charge is 0.0545 e. The Hall–Kier alpha value is 0.220. The topological polar surface area (TPSA) is 9.23 Å². The van der Waals surface area contributed by atoms with E-state index in [0.29, 0.717) is 5.92 Å². The predicted octanol–water partition coefficient (Wildman–Crippen LogP) is 0.831. The number of ether oxygens (including phenoxy) is 1. The molecular formula is C8H16B4O. The summed E-state index contributed by atoms with van der Waals surface area (Å²) in [6.45, 7) is 0.832. The second-order valence-electron chi connectivity index (χ2n) is 3.30. The Morgan fingerprint density at radius 2 is 1.85 bits per heavy atom. The van der Waals surface area contributed by atoms with Gasteiger partial charge in [0.1, 0.15) is 0 Å². The lowest BCUT2D eigenvalue weighted by Crippen LogP contribution is -2.09. The first-order valence-corrected chi connectivity index (χ1v) is 4.90. The molecule has 0 amide bonds. The maximum atomic E-state index is 5.34. The molecule has 0 aliphatic heterocycles. The van der Waals surface area contributed by atoms with Crippen molar-refractivity contribution < 1.29 is 4.74 Å². The van der Waals surface area contributed by atoms with Gasteiger partial charge < -0.3 is 4.74 Å². The highest BCUT2D eigenvalue weighted by Gasteiger charge is 2.06. The number of hydrogen-bond donors (Lipinski definition) is 0. The van der Waals surface area contributed by atoms with Gasteiger partial charge >= 0.3 is 0 Å². The lowest BCUT2D eigenvalue weighted by Gasteiger charge is -2.15. The molecule has 0 aromatic heterocycles. The Labute approximate surface area is 86.7 Å². The van der Waals surface area contributed by atoms with E-state index >= 15 is 0 Å². The van der Waals surface area contributed by atoms with Gasteiger partial charge in [0.25, 0.3) is 0 Å². The molecule has 0 aliphatic carbocycles. The summed E-state index contributed by atoms with van der Waals surface area (Å²) in [5.41, 5.74) is 0. The molecule has 0 saturated heterocycles. The second-order valence-corrected chi connectivity index (χ2v) is 3.30. The Morgan fingerprint density at radius 1 is 1.15 bits per heavy atom. The largest absolute Gasteiger partial charge is 0.384 e. The van der Waals surface area contributed by atoms with Crippen molar-refractivity contribution >= 4 is 29.8 Å². The standard InChI is InChI=1S/C8H16B4O/c1-13-7-8(4-6-12-10)3-2-5-11-9/h8H,2-7H2,1H3. The Morgan fingerprint density at radius 3 is 2.38 bits per heavy atom. The highest BCUT2D eigenvalue weighted by Crippen LogP contribution is 2.15. The normalized spacial score (nSPS) is 12.4. The van der Waals surface area contributed by atoms with Crippen LogP contribution in [0.15, 0.2) is 0 Å². The fourth-order valence-electron chi connectivity index (χ4n) is 1.40. The van der Waals surface area contributed by atoms with E-state index in [2.05, 4.69) is 0 Å². The van der Waals surface area contributed by atoms with Gasteiger partial charge in [0.05, 0.1) is 14.3 Å². The minimum atomic E-state index is 0.629. The fraction of sp³-hybridized carbons (Fsp3) is 1.00. The molecule has 0 aliphatic rings. The van der Waals surface area contributed by atoms with Crippen LogP contribution in [-0.2, 0) is 4.74 Å². The van der Waals surface area contributed by atoms with Crippen molar-refractivity contribution in [1.82, 2.24) is 0 Å². The van der Waals surface area contributed by atoms with Crippen LogP contribution in [0.5, 0.6) is 0 Å². The molecule has 0 spiro atoms. The van der Waals surface area contributed by atoms with Crippen LogP contribution in [0.4, 0.5) is 0 Å². The van der Waals surface area contributed by atoms with Crippen molar-refractivity contribution in [1.29, 1.82) is 0 Å². The molecule has 0 N–H and O–H groups in total. The highest BCUT2D eigenvalue weighted by molar-refractivity contribution is 6.89. The van der Waals surface area contributed by atoms with Gasteiger partial charge in [-0.2, -0.15) is 0 Å². The van der Waals surface area contributed by atoms with E-state index in [0.717, 1.165) is 32.1 Å². The average Bonchev–Trinajstić information content (AvgIpc) is 2.14. The Balaban J connectivity index is 3.41. The summed E-state index contributed by atoms with van der Waals surface area (Å²) in [6, 6.07) is 0. The maximum Gasteiger partial charge on any atom is 0.0545 e. The van der Waals surface area contributed by atoms with Crippen molar-refractivity contribution in [2.45, 2.75) is 31.9 Å². The SMILES string of the molecule is [B][B]CCCC(CC[B][B])COC. The quantitative estimate of drug-likeness (QED) is 0.369. The molecule has 0 saturated carbocycles. The van der Waals surface area contributed by atoms with Gasteiger partial charge in [-0.05, 0) is 12.3 Å². The number of rotatable bonds is 9. The summed E-state index contributed by atoms with van der Waals surface area (Å²) >= 11 is 0. The van der Waals surface area contributed by atoms with Crippen LogP contribution in [-0.4, -0.2) is 43.5 Å². The van der Waals surface area contributed by atoms with Gasteiger partial charge in [0.2, 0.25) is 0 Å². The van der Waals surface area contributed by atoms with E-state index in [9.17, 15) is 0 Å². The molecule has 0 rings (SSSR count). The Bertz CT molecular complexity index is 102. The zero-order valence-corrected chi connectivity index (χ0v) is 8.54. The van der Waals surface area contributed by atoms with Crippen LogP contribution >= 0.6 is 0 Å². The van der Waals surface area contributed by atoms with E-state index < -0.39 is 0 Å². The molecule has 1 unspecified atom stereocenters. The molecule has 13 heavy (non-hydrogen) atoms. The first-order valence-electron chi connectivity index (χ1n) is 4.90. The van der Waals surface area contributed by atoms with Gasteiger partial charge in [-0.15, -0.1) is 0 Å². The maximum absolute atomic E-state index is 5.34. The number of hydrogen-bond acceptors (Lipinski definition) is 1. The zero-order chi connectivity index (χ0) is 9.94. The predicted molar refractivity (Wildman–Crippen MR) is 61.8 cm³/mol. The minimum absolute atomic E-state index is 0.629. The molecule has 66 valence electrons. The molecule has 0 bridgehead atoms. The van der Waals surface area contributed by atoms with Crippen molar-refractivity contribution in [3.05, 3.63) is 0 Å². The van der Waals surface area contributed by atoms with Gasteiger partial charge in [-0.1, -0.05) is 25.5 Å². The summed E-state index contributed by atoms with van der Waals surface area (Å²) in [6.07, 6.45) is 5.41. The molecule has 1 nitrogen and oxygen atoms in total. The fourth-order valence-corrected chi connectivity index (χ4v) is 1.40. The van der Waals surface area contributed by atoms with Crippen LogP contribution in [0.1, 0.15) is 19.3 Å². The lowest BCUT2D eigenvalue weighted by atomic mass is 9.52. The van der Waals surface area contributed by atoms with Crippen LogP contribution in [0, 0.1) is 5.92 Å².